The highest BCUT2D eigenvalue weighted by atomic mass is 16.3. The van der Waals surface area contributed by atoms with Gasteiger partial charge in [-0.2, -0.15) is 0 Å². The molecule has 1 unspecified atom stereocenters. The van der Waals surface area contributed by atoms with Crippen LogP contribution in [0.3, 0.4) is 0 Å². The first-order valence-electron chi connectivity index (χ1n) is 6.88. The van der Waals surface area contributed by atoms with Crippen LogP contribution < -0.4 is 11.1 Å². The van der Waals surface area contributed by atoms with Crippen LogP contribution in [-0.4, -0.2) is 5.91 Å². The van der Waals surface area contributed by atoms with Crippen LogP contribution in [0.2, 0.25) is 0 Å². The van der Waals surface area contributed by atoms with Gasteiger partial charge in [-0.25, -0.2) is 0 Å². The summed E-state index contributed by atoms with van der Waals surface area (Å²) in [4.78, 5) is 12.4. The third-order valence-corrected chi connectivity index (χ3v) is 3.81. The molecule has 1 aromatic carbocycles. The minimum Gasteiger partial charge on any atom is -0.469 e. The van der Waals surface area contributed by atoms with E-state index in [4.69, 9.17) is 10.2 Å². The average Bonchev–Trinajstić information content (AvgIpc) is 2.91. The van der Waals surface area contributed by atoms with Gasteiger partial charge in [0.05, 0.1) is 17.9 Å². The normalized spacial score (nSPS) is 17.6. The highest BCUT2D eigenvalue weighted by Gasteiger charge is 2.24. The van der Waals surface area contributed by atoms with E-state index in [1.807, 2.05) is 25.1 Å². The molecule has 0 saturated heterocycles. The third kappa shape index (κ3) is 2.29. The van der Waals surface area contributed by atoms with Gasteiger partial charge < -0.3 is 15.5 Å². The summed E-state index contributed by atoms with van der Waals surface area (Å²) in [6, 6.07) is 7.46. The van der Waals surface area contributed by atoms with Crippen molar-refractivity contribution in [2.24, 2.45) is 0 Å². The van der Waals surface area contributed by atoms with Crippen molar-refractivity contribution in [2.45, 2.75) is 32.2 Å². The molecule has 0 bridgehead atoms. The Morgan fingerprint density at radius 2 is 2.25 bits per heavy atom. The van der Waals surface area contributed by atoms with E-state index in [2.05, 4.69) is 5.32 Å². The molecule has 4 nitrogen and oxygen atoms in total. The Balaban J connectivity index is 1.82. The summed E-state index contributed by atoms with van der Waals surface area (Å²) in [6.45, 7) is 1.95. The standard InChI is InChI=1S/C16H18N2O2/c1-10-5-6-13(17)12(9-10)16(19)18-14-3-2-4-15-11(14)7-8-20-15/h5-9,14H,2-4,17H2,1H3,(H,18,19). The zero-order valence-electron chi connectivity index (χ0n) is 11.5. The Bertz CT molecular complexity index is 646. The van der Waals surface area contributed by atoms with Crippen LogP contribution in [0, 0.1) is 6.92 Å². The van der Waals surface area contributed by atoms with Gasteiger partial charge in [-0.3, -0.25) is 4.79 Å². The molecule has 2 aromatic rings. The molecule has 3 N–H and O–H groups in total. The lowest BCUT2D eigenvalue weighted by atomic mass is 9.93. The molecule has 3 rings (SSSR count). The largest absolute Gasteiger partial charge is 0.469 e. The number of aryl methyl sites for hydroxylation is 2. The number of hydrogen-bond donors (Lipinski definition) is 2. The zero-order chi connectivity index (χ0) is 14.1. The minimum atomic E-state index is -0.120. The number of carbonyl (C=O) groups excluding carboxylic acids is 1. The van der Waals surface area contributed by atoms with Gasteiger partial charge in [0.1, 0.15) is 5.76 Å². The van der Waals surface area contributed by atoms with Crippen molar-refractivity contribution < 1.29 is 9.21 Å². The summed E-state index contributed by atoms with van der Waals surface area (Å²) >= 11 is 0. The molecule has 0 spiro atoms. The van der Waals surface area contributed by atoms with Crippen molar-refractivity contribution in [1.82, 2.24) is 5.32 Å². The van der Waals surface area contributed by atoms with Gasteiger partial charge in [0, 0.05) is 17.7 Å². The Kier molecular flexibility index (Phi) is 3.22. The number of nitrogens with one attached hydrogen (secondary N) is 1. The number of rotatable bonds is 2. The van der Waals surface area contributed by atoms with Crippen LogP contribution in [0.1, 0.15) is 46.1 Å². The lowest BCUT2D eigenvalue weighted by Gasteiger charge is -2.23. The SMILES string of the molecule is Cc1ccc(N)c(C(=O)NC2CCCc3occc32)c1. The van der Waals surface area contributed by atoms with E-state index in [0.717, 1.165) is 36.1 Å². The maximum Gasteiger partial charge on any atom is 0.253 e. The van der Waals surface area contributed by atoms with Gasteiger partial charge in [0.15, 0.2) is 0 Å². The molecule has 1 aromatic heterocycles. The number of nitrogens with two attached hydrogens (primary N) is 1. The second-order valence-electron chi connectivity index (χ2n) is 5.31. The van der Waals surface area contributed by atoms with E-state index in [0.29, 0.717) is 11.3 Å². The summed E-state index contributed by atoms with van der Waals surface area (Å²) in [5.74, 6) is 0.865. The molecule has 1 amide bonds. The highest BCUT2D eigenvalue weighted by Crippen LogP contribution is 2.30. The maximum absolute atomic E-state index is 12.4. The van der Waals surface area contributed by atoms with Gasteiger partial charge in [0.2, 0.25) is 0 Å². The highest BCUT2D eigenvalue weighted by molar-refractivity contribution is 5.99. The lowest BCUT2D eigenvalue weighted by Crippen LogP contribution is -2.31. The molecular formula is C16H18N2O2. The fraction of sp³-hybridized carbons (Fsp3) is 0.312. The van der Waals surface area contributed by atoms with Crippen LogP contribution in [-0.2, 0) is 6.42 Å². The smallest absolute Gasteiger partial charge is 0.253 e. The number of carbonyl (C=O) groups is 1. The topological polar surface area (TPSA) is 68.3 Å². The van der Waals surface area contributed by atoms with Crippen LogP contribution >= 0.6 is 0 Å². The summed E-state index contributed by atoms with van der Waals surface area (Å²) in [7, 11) is 0. The zero-order valence-corrected chi connectivity index (χ0v) is 11.5. The van der Waals surface area contributed by atoms with E-state index in [1.54, 1.807) is 12.3 Å². The van der Waals surface area contributed by atoms with Crippen LogP contribution in [0.25, 0.3) is 0 Å². The number of nitrogen functional groups attached to an aromatic ring is 1. The number of fused-ring (bicyclic) bond motifs is 1. The monoisotopic (exact) mass is 270 g/mol. The van der Waals surface area contributed by atoms with Crippen LogP contribution in [0.15, 0.2) is 34.9 Å². The van der Waals surface area contributed by atoms with Gasteiger partial charge >= 0.3 is 0 Å². The molecule has 1 heterocycles. The molecule has 0 fully saturated rings. The van der Waals surface area contributed by atoms with Gasteiger partial charge in [-0.15, -0.1) is 0 Å². The number of furan rings is 1. The van der Waals surface area contributed by atoms with Crippen molar-refractivity contribution >= 4 is 11.6 Å². The van der Waals surface area contributed by atoms with Crippen LogP contribution in [0.4, 0.5) is 5.69 Å². The first-order valence-corrected chi connectivity index (χ1v) is 6.88. The van der Waals surface area contributed by atoms with E-state index in [9.17, 15) is 4.79 Å². The predicted molar refractivity (Wildman–Crippen MR) is 77.4 cm³/mol. The number of amides is 1. The fourth-order valence-electron chi connectivity index (χ4n) is 2.74. The van der Waals surface area contributed by atoms with Crippen LogP contribution in [0.5, 0.6) is 0 Å². The maximum atomic E-state index is 12.4. The molecule has 0 radical (unpaired) electrons. The van der Waals surface area contributed by atoms with Gasteiger partial charge in [0.25, 0.3) is 5.91 Å². The second kappa shape index (κ2) is 5.04. The van der Waals surface area contributed by atoms with Crippen molar-refractivity contribution in [3.8, 4) is 0 Å². The molecule has 4 heteroatoms. The summed E-state index contributed by atoms with van der Waals surface area (Å²) in [5.41, 5.74) is 9.06. The quantitative estimate of drug-likeness (QED) is 0.824. The second-order valence-corrected chi connectivity index (χ2v) is 5.31. The van der Waals surface area contributed by atoms with Crippen molar-refractivity contribution in [2.75, 3.05) is 5.73 Å². The molecule has 104 valence electrons. The van der Waals surface area contributed by atoms with Gasteiger partial charge in [-0.1, -0.05) is 11.6 Å². The van der Waals surface area contributed by atoms with Crippen molar-refractivity contribution in [1.29, 1.82) is 0 Å². The Labute approximate surface area is 118 Å². The van der Waals surface area contributed by atoms with E-state index in [-0.39, 0.29) is 11.9 Å². The number of benzene rings is 1. The molecule has 1 aliphatic carbocycles. The molecule has 0 aliphatic heterocycles. The third-order valence-electron chi connectivity index (χ3n) is 3.81. The molecule has 1 aliphatic rings. The molecule has 20 heavy (non-hydrogen) atoms. The summed E-state index contributed by atoms with van der Waals surface area (Å²) in [5, 5.41) is 3.07. The van der Waals surface area contributed by atoms with E-state index in [1.165, 1.54) is 0 Å². The van der Waals surface area contributed by atoms with E-state index < -0.39 is 0 Å². The average molecular weight is 270 g/mol. The van der Waals surface area contributed by atoms with Crippen molar-refractivity contribution in [3.63, 3.8) is 0 Å². The first kappa shape index (κ1) is 12.8. The number of hydrogen-bond acceptors (Lipinski definition) is 3. The van der Waals surface area contributed by atoms with Gasteiger partial charge in [-0.05, 0) is 38.0 Å². The molecule has 0 saturated carbocycles. The Morgan fingerprint density at radius 3 is 3.10 bits per heavy atom. The molecular weight excluding hydrogens is 252 g/mol. The van der Waals surface area contributed by atoms with Crippen molar-refractivity contribution in [3.05, 3.63) is 53.0 Å². The molecule has 1 atom stereocenters. The Morgan fingerprint density at radius 1 is 1.40 bits per heavy atom. The summed E-state index contributed by atoms with van der Waals surface area (Å²) < 4.78 is 5.44. The fourth-order valence-corrected chi connectivity index (χ4v) is 2.74. The lowest BCUT2D eigenvalue weighted by molar-refractivity contribution is 0.0933. The predicted octanol–water partition coefficient (Wildman–Crippen LogP) is 2.98. The minimum absolute atomic E-state index is 0.0184. The van der Waals surface area contributed by atoms with E-state index >= 15 is 0 Å². The Hall–Kier alpha value is -2.23. The first-order chi connectivity index (χ1) is 9.65. The summed E-state index contributed by atoms with van der Waals surface area (Å²) in [6.07, 6.45) is 4.59. The number of anilines is 1.